The van der Waals surface area contributed by atoms with Gasteiger partial charge in [0, 0.05) is 19.2 Å². The van der Waals surface area contributed by atoms with Crippen molar-refractivity contribution in [2.75, 3.05) is 13.1 Å². The number of hydroxylamine groups is 1. The van der Waals surface area contributed by atoms with Crippen LogP contribution in [0.1, 0.15) is 55.2 Å². The van der Waals surface area contributed by atoms with Crippen LogP contribution in [0.15, 0.2) is 24.3 Å². The molecule has 3 rings (SSSR count). The van der Waals surface area contributed by atoms with Gasteiger partial charge in [-0.3, -0.25) is 14.9 Å². The third-order valence-corrected chi connectivity index (χ3v) is 5.44. The van der Waals surface area contributed by atoms with Crippen molar-refractivity contribution in [3.63, 3.8) is 0 Å². The maximum Gasteiger partial charge on any atom is 0.267 e. The number of nitrogens with one attached hydrogen (secondary N) is 1. The fourth-order valence-corrected chi connectivity index (χ4v) is 3.98. The van der Waals surface area contributed by atoms with Crippen molar-refractivity contribution < 1.29 is 10.0 Å². The molecule has 0 saturated heterocycles. The van der Waals surface area contributed by atoms with E-state index < -0.39 is 5.91 Å². The van der Waals surface area contributed by atoms with Gasteiger partial charge >= 0.3 is 0 Å². The fourth-order valence-electron chi connectivity index (χ4n) is 3.98. The summed E-state index contributed by atoms with van der Waals surface area (Å²) in [4.78, 5) is 13.7. The van der Waals surface area contributed by atoms with E-state index in [4.69, 9.17) is 5.21 Å². The van der Waals surface area contributed by atoms with E-state index in [1.807, 2.05) is 6.07 Å². The molecule has 1 fully saturated rings. The molecule has 4 nitrogen and oxygen atoms in total. The van der Waals surface area contributed by atoms with Crippen LogP contribution in [0.4, 0.5) is 0 Å². The molecular formula is C20H28N2O2. The van der Waals surface area contributed by atoms with Gasteiger partial charge in [-0.2, -0.15) is 0 Å². The van der Waals surface area contributed by atoms with Crippen LogP contribution in [0.3, 0.4) is 0 Å². The summed E-state index contributed by atoms with van der Waals surface area (Å²) in [7, 11) is 0. The van der Waals surface area contributed by atoms with E-state index in [0.29, 0.717) is 0 Å². The minimum absolute atomic E-state index is 0.499. The summed E-state index contributed by atoms with van der Waals surface area (Å²) in [6.07, 6.45) is 12.7. The zero-order chi connectivity index (χ0) is 16.8. The lowest BCUT2D eigenvalue weighted by molar-refractivity contribution is -0.124. The Bertz CT molecular complexity index is 591. The summed E-state index contributed by atoms with van der Waals surface area (Å²) in [5.74, 6) is 0.451. The monoisotopic (exact) mass is 328 g/mol. The molecule has 0 unspecified atom stereocenters. The second-order valence-electron chi connectivity index (χ2n) is 7.16. The first-order valence-electron chi connectivity index (χ1n) is 9.21. The quantitative estimate of drug-likeness (QED) is 0.494. The molecule has 1 aliphatic heterocycles. The molecule has 2 aliphatic rings. The first-order chi connectivity index (χ1) is 11.7. The largest absolute Gasteiger partial charge is 0.299 e. The number of benzene rings is 1. The molecule has 0 atom stereocenters. The molecule has 1 aliphatic carbocycles. The maximum atomic E-state index is 11.1. The second-order valence-corrected chi connectivity index (χ2v) is 7.16. The topological polar surface area (TPSA) is 52.6 Å². The van der Waals surface area contributed by atoms with Gasteiger partial charge in [-0.25, -0.2) is 5.48 Å². The minimum atomic E-state index is -0.499. The molecule has 1 heterocycles. The van der Waals surface area contributed by atoms with Crippen LogP contribution in [0.5, 0.6) is 0 Å². The Balaban J connectivity index is 1.54. The Labute approximate surface area is 144 Å². The van der Waals surface area contributed by atoms with Crippen LogP contribution in [-0.2, 0) is 17.8 Å². The number of hydrogen-bond acceptors (Lipinski definition) is 3. The molecule has 4 heteroatoms. The average Bonchev–Trinajstić information content (AvgIpc) is 2.65. The van der Waals surface area contributed by atoms with E-state index >= 15 is 0 Å². The highest BCUT2D eigenvalue weighted by molar-refractivity contribution is 5.90. The Hall–Kier alpha value is -1.65. The lowest BCUT2D eigenvalue weighted by Gasteiger charge is -2.31. The number of amides is 1. The maximum absolute atomic E-state index is 11.1. The number of carbonyl (C=O) groups is 1. The van der Waals surface area contributed by atoms with Crippen LogP contribution in [0, 0.1) is 5.92 Å². The molecule has 2 N–H and O–H groups in total. The first kappa shape index (κ1) is 17.2. The Morgan fingerprint density at radius 2 is 2.08 bits per heavy atom. The van der Waals surface area contributed by atoms with Gasteiger partial charge in [0.2, 0.25) is 0 Å². The van der Waals surface area contributed by atoms with Crippen molar-refractivity contribution in [2.45, 2.75) is 51.5 Å². The Morgan fingerprint density at radius 1 is 1.25 bits per heavy atom. The highest BCUT2D eigenvalue weighted by atomic mass is 16.5. The molecule has 0 aromatic heterocycles. The van der Waals surface area contributed by atoms with Crippen LogP contribution >= 0.6 is 0 Å². The number of nitrogens with zero attached hydrogens (tertiary/aromatic N) is 1. The normalized spacial score (nSPS) is 19.4. The first-order valence-corrected chi connectivity index (χ1v) is 9.21. The number of carbonyl (C=O) groups excluding carboxylic acids is 1. The predicted molar refractivity (Wildman–Crippen MR) is 95.6 cm³/mol. The molecule has 1 amide bonds. The summed E-state index contributed by atoms with van der Waals surface area (Å²) in [6, 6.07) is 6.39. The molecule has 0 spiro atoms. The van der Waals surface area contributed by atoms with Crippen molar-refractivity contribution in [3.05, 3.63) is 41.0 Å². The van der Waals surface area contributed by atoms with Crippen LogP contribution in [-0.4, -0.2) is 29.1 Å². The van der Waals surface area contributed by atoms with Crippen molar-refractivity contribution in [1.29, 1.82) is 0 Å². The lowest BCUT2D eigenvalue weighted by Crippen LogP contribution is -2.32. The number of fused-ring (bicyclic) bond motifs is 1. The highest BCUT2D eigenvalue weighted by Gasteiger charge is 2.19. The molecule has 1 aromatic rings. The van der Waals surface area contributed by atoms with E-state index in [2.05, 4.69) is 17.0 Å². The average molecular weight is 328 g/mol. The van der Waals surface area contributed by atoms with Gasteiger partial charge < -0.3 is 0 Å². The van der Waals surface area contributed by atoms with E-state index in [0.717, 1.165) is 31.0 Å². The van der Waals surface area contributed by atoms with E-state index in [9.17, 15) is 4.79 Å². The van der Waals surface area contributed by atoms with Gasteiger partial charge in [0.15, 0.2) is 0 Å². The lowest BCUT2D eigenvalue weighted by atomic mass is 9.86. The van der Waals surface area contributed by atoms with Crippen molar-refractivity contribution >= 4 is 12.0 Å². The molecule has 130 valence electrons. The number of rotatable bonds is 5. The summed E-state index contributed by atoms with van der Waals surface area (Å²) in [5, 5.41) is 8.52. The van der Waals surface area contributed by atoms with Crippen molar-refractivity contribution in [2.24, 2.45) is 5.92 Å². The Kier molecular flexibility index (Phi) is 6.05. The third kappa shape index (κ3) is 4.68. The summed E-state index contributed by atoms with van der Waals surface area (Å²) in [5.41, 5.74) is 5.41. The third-order valence-electron chi connectivity index (χ3n) is 5.44. The highest BCUT2D eigenvalue weighted by Crippen LogP contribution is 2.27. The minimum Gasteiger partial charge on any atom is -0.299 e. The van der Waals surface area contributed by atoms with Crippen LogP contribution in [0.2, 0.25) is 0 Å². The molecule has 0 radical (unpaired) electrons. The molecule has 0 bridgehead atoms. The van der Waals surface area contributed by atoms with E-state index in [1.54, 1.807) is 11.6 Å². The van der Waals surface area contributed by atoms with Crippen LogP contribution < -0.4 is 5.48 Å². The van der Waals surface area contributed by atoms with Crippen molar-refractivity contribution in [3.8, 4) is 0 Å². The summed E-state index contributed by atoms with van der Waals surface area (Å²) < 4.78 is 0. The SMILES string of the molecule is O=C(C=Cc1ccc2c(c1)CCN(CCC1CCCCC1)C2)NO. The standard InChI is InChI=1S/C20H28N2O2/c23-20(21-24)9-7-17-6-8-19-15-22(13-11-18(19)14-17)12-10-16-4-2-1-3-5-16/h6-9,14,16,24H,1-5,10-13,15H2,(H,21,23). The molecule has 1 saturated carbocycles. The summed E-state index contributed by atoms with van der Waals surface area (Å²) >= 11 is 0. The summed E-state index contributed by atoms with van der Waals surface area (Å²) in [6.45, 7) is 3.40. The van der Waals surface area contributed by atoms with Gasteiger partial charge in [-0.1, -0.05) is 50.3 Å². The van der Waals surface area contributed by atoms with Crippen molar-refractivity contribution in [1.82, 2.24) is 10.4 Å². The van der Waals surface area contributed by atoms with Gasteiger partial charge in [-0.15, -0.1) is 0 Å². The Morgan fingerprint density at radius 3 is 2.88 bits per heavy atom. The zero-order valence-electron chi connectivity index (χ0n) is 14.3. The van der Waals surface area contributed by atoms with E-state index in [-0.39, 0.29) is 0 Å². The molecular weight excluding hydrogens is 300 g/mol. The van der Waals surface area contributed by atoms with Gasteiger partial charge in [-0.05, 0) is 48.1 Å². The van der Waals surface area contributed by atoms with Gasteiger partial charge in [0.1, 0.15) is 0 Å². The van der Waals surface area contributed by atoms with Crippen LogP contribution in [0.25, 0.3) is 6.08 Å². The fraction of sp³-hybridized carbons (Fsp3) is 0.550. The van der Waals surface area contributed by atoms with Gasteiger partial charge in [0.25, 0.3) is 5.91 Å². The zero-order valence-corrected chi connectivity index (χ0v) is 14.3. The predicted octanol–water partition coefficient (Wildman–Crippen LogP) is 3.53. The van der Waals surface area contributed by atoms with Gasteiger partial charge in [0.05, 0.1) is 0 Å². The number of hydrogen-bond donors (Lipinski definition) is 2. The van der Waals surface area contributed by atoms with E-state index in [1.165, 1.54) is 62.3 Å². The second kappa shape index (κ2) is 8.45. The molecule has 1 aromatic carbocycles. The smallest absolute Gasteiger partial charge is 0.267 e. The molecule has 24 heavy (non-hydrogen) atoms.